The van der Waals surface area contributed by atoms with E-state index in [-0.39, 0.29) is 24.8 Å². The topological polar surface area (TPSA) is 97.9 Å². The van der Waals surface area contributed by atoms with Crippen LogP contribution in [0.15, 0.2) is 42.6 Å². The van der Waals surface area contributed by atoms with Gasteiger partial charge in [0.1, 0.15) is 5.82 Å². The van der Waals surface area contributed by atoms with Gasteiger partial charge < -0.3 is 25.3 Å². The predicted molar refractivity (Wildman–Crippen MR) is 131 cm³/mol. The first kappa shape index (κ1) is 23.5. The second-order valence-corrected chi connectivity index (χ2v) is 8.68. The SMILES string of the molecule is Cc1cccc(C(=O)N2CCCC2)c1NC(=O)NCCC(=O)N1CCN(c2ccccn2)CC1. The summed E-state index contributed by atoms with van der Waals surface area (Å²) in [5.41, 5.74) is 1.84. The number of rotatable bonds is 6. The van der Waals surface area contributed by atoms with Crippen LogP contribution in [0.5, 0.6) is 0 Å². The van der Waals surface area contributed by atoms with E-state index in [2.05, 4.69) is 20.5 Å². The highest BCUT2D eigenvalue weighted by atomic mass is 16.2. The zero-order chi connectivity index (χ0) is 23.9. The first-order valence-corrected chi connectivity index (χ1v) is 11.9. The molecule has 3 heterocycles. The van der Waals surface area contributed by atoms with Gasteiger partial charge in [0.2, 0.25) is 5.91 Å². The fraction of sp³-hybridized carbons (Fsp3) is 0.440. The van der Waals surface area contributed by atoms with Crippen LogP contribution in [0, 0.1) is 6.92 Å². The molecule has 180 valence electrons. The Balaban J connectivity index is 1.24. The molecule has 0 radical (unpaired) electrons. The normalized spacial score (nSPS) is 15.9. The summed E-state index contributed by atoms with van der Waals surface area (Å²) in [6, 6.07) is 10.8. The number of aromatic nitrogens is 1. The van der Waals surface area contributed by atoms with Crippen molar-refractivity contribution in [1.82, 2.24) is 20.1 Å². The van der Waals surface area contributed by atoms with E-state index in [4.69, 9.17) is 0 Å². The van der Waals surface area contributed by atoms with Gasteiger partial charge in [-0.05, 0) is 43.5 Å². The minimum atomic E-state index is -0.419. The summed E-state index contributed by atoms with van der Waals surface area (Å²) in [4.78, 5) is 48.2. The smallest absolute Gasteiger partial charge is 0.319 e. The van der Waals surface area contributed by atoms with E-state index >= 15 is 0 Å². The van der Waals surface area contributed by atoms with E-state index < -0.39 is 6.03 Å². The lowest BCUT2D eigenvalue weighted by Gasteiger charge is -2.35. The van der Waals surface area contributed by atoms with Crippen LogP contribution in [0.4, 0.5) is 16.3 Å². The number of urea groups is 1. The summed E-state index contributed by atoms with van der Waals surface area (Å²) in [5.74, 6) is 0.880. The zero-order valence-electron chi connectivity index (χ0n) is 19.6. The Kier molecular flexibility index (Phi) is 7.61. The lowest BCUT2D eigenvalue weighted by atomic mass is 10.1. The number of likely N-dealkylation sites (tertiary alicyclic amines) is 1. The number of piperazine rings is 1. The number of para-hydroxylation sites is 1. The molecule has 0 saturated carbocycles. The predicted octanol–water partition coefficient (Wildman–Crippen LogP) is 2.49. The molecule has 4 rings (SSSR count). The molecule has 2 aromatic rings. The van der Waals surface area contributed by atoms with Crippen molar-refractivity contribution in [2.24, 2.45) is 0 Å². The highest BCUT2D eigenvalue weighted by Gasteiger charge is 2.24. The lowest BCUT2D eigenvalue weighted by molar-refractivity contribution is -0.131. The molecule has 2 aliphatic rings. The van der Waals surface area contributed by atoms with E-state index in [0.29, 0.717) is 24.3 Å². The van der Waals surface area contributed by atoms with Gasteiger partial charge >= 0.3 is 6.03 Å². The molecular weight excluding hydrogens is 432 g/mol. The van der Waals surface area contributed by atoms with E-state index in [0.717, 1.165) is 50.4 Å². The third kappa shape index (κ3) is 5.65. The highest BCUT2D eigenvalue weighted by Crippen LogP contribution is 2.24. The van der Waals surface area contributed by atoms with Gasteiger partial charge in [0, 0.05) is 58.4 Å². The second-order valence-electron chi connectivity index (χ2n) is 8.68. The third-order valence-corrected chi connectivity index (χ3v) is 6.37. The molecule has 0 atom stereocenters. The molecule has 9 nitrogen and oxygen atoms in total. The van der Waals surface area contributed by atoms with E-state index in [9.17, 15) is 14.4 Å². The molecule has 0 spiro atoms. The Bertz CT molecular complexity index is 1010. The molecule has 4 amide bonds. The van der Waals surface area contributed by atoms with Crippen LogP contribution >= 0.6 is 0 Å². The maximum Gasteiger partial charge on any atom is 0.319 e. The molecular formula is C25H32N6O3. The number of hydrogen-bond donors (Lipinski definition) is 2. The summed E-state index contributed by atoms with van der Waals surface area (Å²) in [6.45, 7) is 6.32. The molecule has 9 heteroatoms. The second kappa shape index (κ2) is 11.0. The number of anilines is 2. The van der Waals surface area contributed by atoms with E-state index in [1.807, 2.05) is 47.1 Å². The summed E-state index contributed by atoms with van der Waals surface area (Å²) in [7, 11) is 0. The van der Waals surface area contributed by atoms with Gasteiger partial charge in [0.25, 0.3) is 5.91 Å². The van der Waals surface area contributed by atoms with Crippen molar-refractivity contribution in [3.8, 4) is 0 Å². The molecule has 34 heavy (non-hydrogen) atoms. The molecule has 0 bridgehead atoms. The number of amides is 4. The van der Waals surface area contributed by atoms with Crippen LogP contribution in [0.2, 0.25) is 0 Å². The number of aryl methyl sites for hydroxylation is 1. The molecule has 1 aromatic heterocycles. The minimum absolute atomic E-state index is 0.0155. The number of benzene rings is 1. The summed E-state index contributed by atoms with van der Waals surface area (Å²) in [5, 5.41) is 5.58. The Morgan fingerprint density at radius 2 is 1.68 bits per heavy atom. The largest absolute Gasteiger partial charge is 0.353 e. The number of carbonyl (C=O) groups is 3. The number of nitrogens with one attached hydrogen (secondary N) is 2. The van der Waals surface area contributed by atoms with Crippen molar-refractivity contribution in [2.45, 2.75) is 26.2 Å². The van der Waals surface area contributed by atoms with Gasteiger partial charge in [-0.15, -0.1) is 0 Å². The Hall–Kier alpha value is -3.62. The van der Waals surface area contributed by atoms with Gasteiger partial charge in [-0.3, -0.25) is 9.59 Å². The highest BCUT2D eigenvalue weighted by molar-refractivity contribution is 6.04. The third-order valence-electron chi connectivity index (χ3n) is 6.37. The minimum Gasteiger partial charge on any atom is -0.353 e. The average molecular weight is 465 g/mol. The molecule has 2 saturated heterocycles. The van der Waals surface area contributed by atoms with Crippen LogP contribution in [0.25, 0.3) is 0 Å². The first-order valence-electron chi connectivity index (χ1n) is 11.9. The fourth-order valence-electron chi connectivity index (χ4n) is 4.43. The maximum absolute atomic E-state index is 12.9. The van der Waals surface area contributed by atoms with Crippen LogP contribution in [-0.4, -0.2) is 78.4 Å². The fourth-order valence-corrected chi connectivity index (χ4v) is 4.43. The average Bonchev–Trinajstić information content (AvgIpc) is 3.40. The quantitative estimate of drug-likeness (QED) is 0.685. The molecule has 2 aliphatic heterocycles. The first-order chi connectivity index (χ1) is 16.5. The number of carbonyl (C=O) groups excluding carboxylic acids is 3. The summed E-state index contributed by atoms with van der Waals surface area (Å²) >= 11 is 0. The molecule has 2 N–H and O–H groups in total. The van der Waals surface area contributed by atoms with Gasteiger partial charge in [-0.2, -0.15) is 0 Å². The van der Waals surface area contributed by atoms with E-state index in [1.54, 1.807) is 12.3 Å². The Morgan fingerprint density at radius 3 is 2.38 bits per heavy atom. The van der Waals surface area contributed by atoms with Crippen molar-refractivity contribution in [3.05, 3.63) is 53.7 Å². The molecule has 2 fully saturated rings. The molecule has 0 unspecified atom stereocenters. The van der Waals surface area contributed by atoms with Crippen molar-refractivity contribution < 1.29 is 14.4 Å². The monoisotopic (exact) mass is 464 g/mol. The lowest BCUT2D eigenvalue weighted by Crippen LogP contribution is -2.49. The Labute approximate surface area is 200 Å². The van der Waals surface area contributed by atoms with Crippen LogP contribution in [0.1, 0.15) is 35.2 Å². The Morgan fingerprint density at radius 1 is 0.912 bits per heavy atom. The standard InChI is InChI=1S/C25H32N6O3/c1-19-7-6-8-20(24(33)31-13-4-5-14-31)23(19)28-25(34)27-12-10-22(32)30-17-15-29(16-18-30)21-9-2-3-11-26-21/h2-3,6-9,11H,4-5,10,12-18H2,1H3,(H2,27,28,34). The van der Waals surface area contributed by atoms with Gasteiger partial charge in [0.05, 0.1) is 11.3 Å². The van der Waals surface area contributed by atoms with Crippen LogP contribution in [0.3, 0.4) is 0 Å². The van der Waals surface area contributed by atoms with Crippen LogP contribution < -0.4 is 15.5 Å². The maximum atomic E-state index is 12.9. The number of pyridine rings is 1. The van der Waals surface area contributed by atoms with Gasteiger partial charge in [0.15, 0.2) is 0 Å². The molecule has 1 aromatic carbocycles. The van der Waals surface area contributed by atoms with Crippen molar-refractivity contribution in [3.63, 3.8) is 0 Å². The van der Waals surface area contributed by atoms with Crippen LogP contribution in [-0.2, 0) is 4.79 Å². The van der Waals surface area contributed by atoms with Gasteiger partial charge in [-0.1, -0.05) is 18.2 Å². The zero-order valence-corrected chi connectivity index (χ0v) is 19.6. The van der Waals surface area contributed by atoms with Crippen molar-refractivity contribution in [1.29, 1.82) is 0 Å². The summed E-state index contributed by atoms with van der Waals surface area (Å²) in [6.07, 6.45) is 4.01. The van der Waals surface area contributed by atoms with Crippen molar-refractivity contribution in [2.75, 3.05) is 56.0 Å². The van der Waals surface area contributed by atoms with E-state index in [1.165, 1.54) is 0 Å². The number of nitrogens with zero attached hydrogens (tertiary/aromatic N) is 4. The van der Waals surface area contributed by atoms with Gasteiger partial charge in [-0.25, -0.2) is 9.78 Å². The van der Waals surface area contributed by atoms with Crippen molar-refractivity contribution >= 4 is 29.4 Å². The summed E-state index contributed by atoms with van der Waals surface area (Å²) < 4.78 is 0. The number of hydrogen-bond acceptors (Lipinski definition) is 5. The molecule has 0 aliphatic carbocycles.